The average molecular weight is 340 g/mol. The zero-order chi connectivity index (χ0) is 17.2. The van der Waals surface area contributed by atoms with Crippen LogP contribution in [-0.4, -0.2) is 18.2 Å². The fourth-order valence-electron chi connectivity index (χ4n) is 1.99. The third kappa shape index (κ3) is 5.90. The quantitative estimate of drug-likeness (QED) is 0.617. The smallest absolute Gasteiger partial charge is 0.244 e. The van der Waals surface area contributed by atoms with Crippen molar-refractivity contribution in [3.05, 3.63) is 77.1 Å². The predicted molar refractivity (Wildman–Crippen MR) is 95.8 cm³/mol. The van der Waals surface area contributed by atoms with Crippen molar-refractivity contribution in [2.24, 2.45) is 0 Å². The van der Waals surface area contributed by atoms with Gasteiger partial charge in [0, 0.05) is 24.1 Å². The van der Waals surface area contributed by atoms with Gasteiger partial charge >= 0.3 is 0 Å². The zero-order valence-electron chi connectivity index (χ0n) is 13.0. The van der Waals surface area contributed by atoms with Gasteiger partial charge in [-0.25, -0.2) is 4.39 Å². The molecule has 24 heavy (non-hydrogen) atoms. The van der Waals surface area contributed by atoms with Crippen LogP contribution in [0.25, 0.3) is 6.08 Å². The molecule has 0 aliphatic rings. The van der Waals surface area contributed by atoms with Gasteiger partial charge < -0.3 is 5.32 Å². The molecule has 2 rings (SSSR count). The minimum atomic E-state index is -0.299. The van der Waals surface area contributed by atoms with Gasteiger partial charge in [0.25, 0.3) is 0 Å². The van der Waals surface area contributed by atoms with Gasteiger partial charge in [0.2, 0.25) is 5.91 Å². The lowest BCUT2D eigenvalue weighted by Gasteiger charge is -2.04. The third-order valence-electron chi connectivity index (χ3n) is 3.24. The summed E-state index contributed by atoms with van der Waals surface area (Å²) >= 11 is 1.66. The van der Waals surface area contributed by atoms with E-state index in [-0.39, 0.29) is 11.7 Å². The van der Waals surface area contributed by atoms with Crippen LogP contribution in [0.5, 0.6) is 0 Å². The molecular weight excluding hydrogens is 323 g/mol. The van der Waals surface area contributed by atoms with Gasteiger partial charge in [-0.3, -0.25) is 4.79 Å². The van der Waals surface area contributed by atoms with E-state index in [1.807, 2.05) is 18.2 Å². The van der Waals surface area contributed by atoms with Crippen molar-refractivity contribution < 1.29 is 9.18 Å². The van der Waals surface area contributed by atoms with Crippen molar-refractivity contribution in [1.82, 2.24) is 5.32 Å². The van der Waals surface area contributed by atoms with E-state index in [4.69, 9.17) is 5.26 Å². The van der Waals surface area contributed by atoms with Crippen molar-refractivity contribution >= 4 is 23.7 Å². The number of hydrogen-bond donors (Lipinski definition) is 1. The topological polar surface area (TPSA) is 52.9 Å². The first-order chi connectivity index (χ1) is 11.7. The van der Waals surface area contributed by atoms with Gasteiger partial charge in [0.1, 0.15) is 5.82 Å². The number of hydrogen-bond acceptors (Lipinski definition) is 3. The van der Waals surface area contributed by atoms with Crippen molar-refractivity contribution in [3.63, 3.8) is 0 Å². The maximum absolute atomic E-state index is 12.8. The largest absolute Gasteiger partial charge is 0.352 e. The van der Waals surface area contributed by atoms with Gasteiger partial charge in [-0.15, -0.1) is 0 Å². The van der Waals surface area contributed by atoms with Crippen LogP contribution in [0.4, 0.5) is 4.39 Å². The lowest BCUT2D eigenvalue weighted by molar-refractivity contribution is -0.116. The minimum Gasteiger partial charge on any atom is -0.352 e. The van der Waals surface area contributed by atoms with Gasteiger partial charge in [0.05, 0.1) is 11.6 Å². The van der Waals surface area contributed by atoms with Crippen LogP contribution in [0.3, 0.4) is 0 Å². The molecule has 3 nitrogen and oxygen atoms in total. The van der Waals surface area contributed by atoms with Crippen LogP contribution in [0.2, 0.25) is 0 Å². The fraction of sp³-hybridized carbons (Fsp3) is 0.158. The van der Waals surface area contributed by atoms with Crippen LogP contribution >= 0.6 is 11.8 Å². The highest BCUT2D eigenvalue weighted by atomic mass is 32.2. The molecule has 1 N–H and O–H groups in total. The summed E-state index contributed by atoms with van der Waals surface area (Å²) in [6.45, 7) is 0.548. The van der Waals surface area contributed by atoms with Crippen molar-refractivity contribution in [3.8, 4) is 6.07 Å². The first kappa shape index (κ1) is 17.8. The molecule has 2 aromatic rings. The summed E-state index contributed by atoms with van der Waals surface area (Å²) in [5.41, 5.74) is 2.47. The zero-order valence-corrected chi connectivity index (χ0v) is 13.9. The summed E-state index contributed by atoms with van der Waals surface area (Å²) in [5, 5.41) is 11.8. The Labute approximate surface area is 145 Å². The van der Waals surface area contributed by atoms with Crippen LogP contribution in [0.1, 0.15) is 16.7 Å². The van der Waals surface area contributed by atoms with Gasteiger partial charge in [-0.1, -0.05) is 30.3 Å². The summed E-state index contributed by atoms with van der Waals surface area (Å²) < 4.78 is 12.8. The predicted octanol–water partition coefficient (Wildman–Crippen LogP) is 3.76. The van der Waals surface area contributed by atoms with E-state index >= 15 is 0 Å². The van der Waals surface area contributed by atoms with Gasteiger partial charge in [-0.05, 0) is 35.4 Å². The molecule has 122 valence electrons. The Hall–Kier alpha value is -2.58. The number of nitrogens with one attached hydrogen (secondary N) is 1. The third-order valence-corrected chi connectivity index (χ3v) is 4.25. The molecule has 0 saturated heterocycles. The Morgan fingerprint density at radius 1 is 1.21 bits per heavy atom. The molecule has 0 bridgehead atoms. The monoisotopic (exact) mass is 340 g/mol. The Balaban J connectivity index is 1.68. The molecule has 0 spiro atoms. The highest BCUT2D eigenvalue weighted by Gasteiger charge is 2.01. The molecule has 0 heterocycles. The second kappa shape index (κ2) is 9.53. The number of rotatable bonds is 7. The van der Waals surface area contributed by atoms with E-state index in [1.165, 1.54) is 18.2 Å². The summed E-state index contributed by atoms with van der Waals surface area (Å²) in [7, 11) is 0. The molecule has 0 aliphatic carbocycles. The number of carbonyl (C=O) groups excluding carboxylic acids is 1. The van der Waals surface area contributed by atoms with E-state index in [2.05, 4.69) is 11.4 Å². The van der Waals surface area contributed by atoms with E-state index in [0.29, 0.717) is 12.1 Å². The second-order valence-corrected chi connectivity index (χ2v) is 6.10. The molecule has 0 aromatic heterocycles. The number of carbonyl (C=O) groups is 1. The standard InChI is InChI=1S/C19H17FN2OS/c20-18-8-5-15(6-9-18)7-10-19(23)22-11-12-24-14-17-4-2-1-3-16(17)13-21/h1-10H,11-12,14H2,(H,22,23)/b10-7+. The molecule has 2 aromatic carbocycles. The number of amides is 1. The molecule has 0 saturated carbocycles. The first-order valence-electron chi connectivity index (χ1n) is 7.46. The Morgan fingerprint density at radius 3 is 2.71 bits per heavy atom. The van der Waals surface area contributed by atoms with Crippen molar-refractivity contribution in [2.75, 3.05) is 12.3 Å². The lowest BCUT2D eigenvalue weighted by Crippen LogP contribution is -2.23. The Bertz CT molecular complexity index is 751. The van der Waals surface area contributed by atoms with Crippen LogP contribution in [0, 0.1) is 17.1 Å². The maximum Gasteiger partial charge on any atom is 0.244 e. The lowest BCUT2D eigenvalue weighted by atomic mass is 10.1. The van der Waals surface area contributed by atoms with Gasteiger partial charge in [0.15, 0.2) is 0 Å². The van der Waals surface area contributed by atoms with Crippen LogP contribution in [0.15, 0.2) is 54.6 Å². The molecule has 5 heteroatoms. The maximum atomic E-state index is 12.8. The SMILES string of the molecule is N#Cc1ccccc1CSCCNC(=O)/C=C/c1ccc(F)cc1. The summed E-state index contributed by atoms with van der Waals surface area (Å²) in [6, 6.07) is 15.6. The van der Waals surface area contributed by atoms with Crippen molar-refractivity contribution in [1.29, 1.82) is 5.26 Å². The Kier molecular flexibility index (Phi) is 7.06. The highest BCUT2D eigenvalue weighted by molar-refractivity contribution is 7.98. The molecule has 0 radical (unpaired) electrons. The molecular formula is C19H17FN2OS. The normalized spacial score (nSPS) is 10.5. The van der Waals surface area contributed by atoms with Gasteiger partial charge in [-0.2, -0.15) is 17.0 Å². The molecule has 0 unspecified atom stereocenters. The molecule has 0 fully saturated rings. The van der Waals surface area contributed by atoms with E-state index in [9.17, 15) is 9.18 Å². The van der Waals surface area contributed by atoms with E-state index < -0.39 is 0 Å². The number of halogens is 1. The highest BCUT2D eigenvalue weighted by Crippen LogP contribution is 2.15. The second-order valence-electron chi connectivity index (χ2n) is 5.00. The average Bonchev–Trinajstić information content (AvgIpc) is 2.61. The van der Waals surface area contributed by atoms with E-state index in [1.54, 1.807) is 36.0 Å². The molecule has 1 amide bonds. The van der Waals surface area contributed by atoms with Crippen molar-refractivity contribution in [2.45, 2.75) is 5.75 Å². The number of benzene rings is 2. The fourth-order valence-corrected chi connectivity index (χ4v) is 2.85. The summed E-state index contributed by atoms with van der Waals surface area (Å²) in [5.74, 6) is 1.02. The van der Waals surface area contributed by atoms with Crippen LogP contribution < -0.4 is 5.32 Å². The molecule has 0 aliphatic heterocycles. The number of nitriles is 1. The van der Waals surface area contributed by atoms with Crippen LogP contribution in [-0.2, 0) is 10.5 Å². The Morgan fingerprint density at radius 2 is 1.96 bits per heavy atom. The summed E-state index contributed by atoms with van der Waals surface area (Å²) in [4.78, 5) is 11.7. The minimum absolute atomic E-state index is 0.183. The molecule has 0 atom stereocenters. The number of thioether (sulfide) groups is 1. The number of nitrogens with zero attached hydrogens (tertiary/aromatic N) is 1. The summed E-state index contributed by atoms with van der Waals surface area (Å²) in [6.07, 6.45) is 3.08. The van der Waals surface area contributed by atoms with E-state index in [0.717, 1.165) is 22.6 Å². The first-order valence-corrected chi connectivity index (χ1v) is 8.62.